The molecule has 0 atom stereocenters. The summed E-state index contributed by atoms with van der Waals surface area (Å²) in [5.41, 5.74) is 13.2. The number of primary amides is 1. The van der Waals surface area contributed by atoms with Crippen molar-refractivity contribution < 1.29 is 4.79 Å². The Morgan fingerprint density at radius 3 is 2.63 bits per heavy atom. The van der Waals surface area contributed by atoms with E-state index in [9.17, 15) is 4.79 Å². The first kappa shape index (κ1) is 13.9. The maximum absolute atomic E-state index is 11.8. The van der Waals surface area contributed by atoms with Gasteiger partial charge in [0.05, 0.1) is 0 Å². The van der Waals surface area contributed by atoms with Crippen LogP contribution in [0.4, 0.5) is 10.5 Å². The predicted octanol–water partition coefficient (Wildman–Crippen LogP) is 2.41. The molecule has 1 fully saturated rings. The Kier molecular flexibility index (Phi) is 4.80. The van der Waals surface area contributed by atoms with Crippen LogP contribution in [0.15, 0.2) is 24.3 Å². The number of carbonyl (C=O) groups is 1. The minimum absolute atomic E-state index is 0.249. The van der Waals surface area contributed by atoms with Crippen molar-refractivity contribution in [3.8, 4) is 0 Å². The fourth-order valence-electron chi connectivity index (χ4n) is 2.89. The smallest absolute Gasteiger partial charge is 0.319 e. The first-order chi connectivity index (χ1) is 9.22. The molecule has 0 bridgehead atoms. The zero-order valence-electron chi connectivity index (χ0n) is 11.3. The SMILES string of the molecule is NCCc1cccc(N(C(N)=O)C2CCCCC2)c1. The first-order valence-electron chi connectivity index (χ1n) is 7.10. The number of amides is 2. The number of benzene rings is 1. The van der Waals surface area contributed by atoms with Gasteiger partial charge < -0.3 is 11.5 Å². The van der Waals surface area contributed by atoms with Crippen molar-refractivity contribution in [1.82, 2.24) is 0 Å². The summed E-state index contributed by atoms with van der Waals surface area (Å²) in [5, 5.41) is 0. The van der Waals surface area contributed by atoms with Crippen molar-refractivity contribution in [2.24, 2.45) is 11.5 Å². The molecule has 0 radical (unpaired) electrons. The van der Waals surface area contributed by atoms with Gasteiger partial charge in [0.2, 0.25) is 0 Å². The number of hydrogen-bond donors (Lipinski definition) is 2. The number of nitrogens with zero attached hydrogens (tertiary/aromatic N) is 1. The summed E-state index contributed by atoms with van der Waals surface area (Å²) in [6.45, 7) is 0.615. The molecule has 1 aromatic rings. The highest BCUT2D eigenvalue weighted by Crippen LogP contribution is 2.27. The van der Waals surface area contributed by atoms with Crippen LogP contribution in [0.25, 0.3) is 0 Å². The zero-order valence-corrected chi connectivity index (χ0v) is 11.3. The quantitative estimate of drug-likeness (QED) is 0.873. The molecule has 1 aliphatic carbocycles. The molecule has 0 spiro atoms. The lowest BCUT2D eigenvalue weighted by atomic mass is 9.94. The number of carbonyl (C=O) groups excluding carboxylic acids is 1. The van der Waals surface area contributed by atoms with Crippen LogP contribution in [-0.4, -0.2) is 18.6 Å². The van der Waals surface area contributed by atoms with Crippen molar-refractivity contribution in [1.29, 1.82) is 0 Å². The van der Waals surface area contributed by atoms with Crippen LogP contribution in [0.2, 0.25) is 0 Å². The predicted molar refractivity (Wildman–Crippen MR) is 78.1 cm³/mol. The van der Waals surface area contributed by atoms with E-state index in [-0.39, 0.29) is 12.1 Å². The lowest BCUT2D eigenvalue weighted by Gasteiger charge is -2.33. The number of urea groups is 1. The molecule has 4 N–H and O–H groups in total. The topological polar surface area (TPSA) is 72.3 Å². The van der Waals surface area contributed by atoms with Crippen molar-refractivity contribution in [3.05, 3.63) is 29.8 Å². The van der Waals surface area contributed by atoms with Gasteiger partial charge in [-0.1, -0.05) is 31.4 Å². The summed E-state index contributed by atoms with van der Waals surface area (Å²) in [6, 6.07) is 7.90. The highest BCUT2D eigenvalue weighted by atomic mass is 16.2. The van der Waals surface area contributed by atoms with Crippen LogP contribution in [0.3, 0.4) is 0 Å². The van der Waals surface area contributed by atoms with E-state index in [1.807, 2.05) is 24.3 Å². The van der Waals surface area contributed by atoms with Gasteiger partial charge in [-0.25, -0.2) is 4.79 Å². The number of rotatable bonds is 4. The van der Waals surface area contributed by atoms with Gasteiger partial charge in [0, 0.05) is 11.7 Å². The fraction of sp³-hybridized carbons (Fsp3) is 0.533. The van der Waals surface area contributed by atoms with Gasteiger partial charge in [0.15, 0.2) is 0 Å². The summed E-state index contributed by atoms with van der Waals surface area (Å²) < 4.78 is 0. The molecule has 2 amide bonds. The standard InChI is InChI=1S/C15H23N3O/c16-10-9-12-5-4-8-14(11-12)18(15(17)19)13-6-2-1-3-7-13/h4-5,8,11,13H,1-3,6-7,9-10,16H2,(H2,17,19). The third kappa shape index (κ3) is 3.47. The van der Waals surface area contributed by atoms with Crippen LogP contribution in [0.1, 0.15) is 37.7 Å². The lowest BCUT2D eigenvalue weighted by molar-refractivity contribution is 0.249. The molecule has 1 saturated carbocycles. The Morgan fingerprint density at radius 2 is 2.00 bits per heavy atom. The molecule has 1 aliphatic rings. The van der Waals surface area contributed by atoms with Gasteiger partial charge >= 0.3 is 6.03 Å². The number of nitrogens with two attached hydrogens (primary N) is 2. The molecule has 1 aromatic carbocycles. The molecule has 4 heteroatoms. The molecule has 104 valence electrons. The summed E-state index contributed by atoms with van der Waals surface area (Å²) in [7, 11) is 0. The fourth-order valence-corrected chi connectivity index (χ4v) is 2.89. The molecule has 2 rings (SSSR count). The van der Waals surface area contributed by atoms with Gasteiger partial charge in [-0.05, 0) is 43.5 Å². The molecule has 0 aromatic heterocycles. The molecule has 0 unspecified atom stereocenters. The Morgan fingerprint density at radius 1 is 1.26 bits per heavy atom. The van der Waals surface area contributed by atoms with Gasteiger partial charge in [0.1, 0.15) is 0 Å². The van der Waals surface area contributed by atoms with E-state index in [1.54, 1.807) is 4.90 Å². The summed E-state index contributed by atoms with van der Waals surface area (Å²) >= 11 is 0. The second-order valence-corrected chi connectivity index (χ2v) is 5.21. The van der Waals surface area contributed by atoms with Gasteiger partial charge in [-0.3, -0.25) is 4.90 Å². The first-order valence-corrected chi connectivity index (χ1v) is 7.10. The summed E-state index contributed by atoms with van der Waals surface area (Å²) in [4.78, 5) is 13.6. The Hall–Kier alpha value is -1.55. The van der Waals surface area contributed by atoms with Crippen molar-refractivity contribution in [2.75, 3.05) is 11.4 Å². The van der Waals surface area contributed by atoms with Crippen molar-refractivity contribution in [3.63, 3.8) is 0 Å². The molecular formula is C15H23N3O. The van der Waals surface area contributed by atoms with E-state index in [4.69, 9.17) is 11.5 Å². The zero-order chi connectivity index (χ0) is 13.7. The highest BCUT2D eigenvalue weighted by molar-refractivity contribution is 5.91. The van der Waals surface area contributed by atoms with Crippen LogP contribution >= 0.6 is 0 Å². The minimum Gasteiger partial charge on any atom is -0.351 e. The van der Waals surface area contributed by atoms with Crippen LogP contribution in [0, 0.1) is 0 Å². The second-order valence-electron chi connectivity index (χ2n) is 5.21. The van der Waals surface area contributed by atoms with E-state index < -0.39 is 0 Å². The maximum Gasteiger partial charge on any atom is 0.319 e. The highest BCUT2D eigenvalue weighted by Gasteiger charge is 2.25. The molecule has 0 aliphatic heterocycles. The summed E-state index contributed by atoms with van der Waals surface area (Å²) in [6.07, 6.45) is 6.53. The van der Waals surface area contributed by atoms with Gasteiger partial charge in [-0.2, -0.15) is 0 Å². The third-order valence-electron chi connectivity index (χ3n) is 3.80. The maximum atomic E-state index is 11.8. The van der Waals surface area contributed by atoms with Gasteiger partial charge in [0.25, 0.3) is 0 Å². The Labute approximate surface area is 114 Å². The monoisotopic (exact) mass is 261 g/mol. The molecule has 0 saturated heterocycles. The van der Waals surface area contributed by atoms with E-state index in [1.165, 1.54) is 19.3 Å². The van der Waals surface area contributed by atoms with Crippen molar-refractivity contribution >= 4 is 11.7 Å². The number of anilines is 1. The molecular weight excluding hydrogens is 238 g/mol. The summed E-state index contributed by atoms with van der Waals surface area (Å²) in [5.74, 6) is 0. The van der Waals surface area contributed by atoms with Crippen LogP contribution in [0.5, 0.6) is 0 Å². The third-order valence-corrected chi connectivity index (χ3v) is 3.80. The molecule has 19 heavy (non-hydrogen) atoms. The average Bonchev–Trinajstić information content (AvgIpc) is 2.40. The van der Waals surface area contributed by atoms with Crippen molar-refractivity contribution in [2.45, 2.75) is 44.6 Å². The van der Waals surface area contributed by atoms with E-state index in [0.717, 1.165) is 30.5 Å². The van der Waals surface area contributed by atoms with Crippen LogP contribution < -0.4 is 16.4 Å². The second kappa shape index (κ2) is 6.57. The van der Waals surface area contributed by atoms with E-state index in [0.29, 0.717) is 6.54 Å². The van der Waals surface area contributed by atoms with E-state index >= 15 is 0 Å². The molecule has 0 heterocycles. The van der Waals surface area contributed by atoms with Crippen LogP contribution in [-0.2, 0) is 6.42 Å². The van der Waals surface area contributed by atoms with E-state index in [2.05, 4.69) is 0 Å². The molecule has 4 nitrogen and oxygen atoms in total. The minimum atomic E-state index is -0.350. The Bertz CT molecular complexity index is 427. The Balaban J connectivity index is 2.22. The average molecular weight is 261 g/mol. The van der Waals surface area contributed by atoms with Gasteiger partial charge in [-0.15, -0.1) is 0 Å². The largest absolute Gasteiger partial charge is 0.351 e. The normalized spacial score (nSPS) is 16.3. The number of hydrogen-bond acceptors (Lipinski definition) is 2. The lowest BCUT2D eigenvalue weighted by Crippen LogP contribution is -2.44.